The predicted molar refractivity (Wildman–Crippen MR) is 121 cm³/mol. The lowest BCUT2D eigenvalue weighted by molar-refractivity contribution is -0.117. The van der Waals surface area contributed by atoms with E-state index in [9.17, 15) is 9.59 Å². The van der Waals surface area contributed by atoms with Crippen LogP contribution in [0.15, 0.2) is 66.5 Å². The fraction of sp³-hybridized carbons (Fsp3) is 0.250. The first-order chi connectivity index (χ1) is 14.6. The van der Waals surface area contributed by atoms with Crippen LogP contribution in [-0.4, -0.2) is 47.9 Å². The third-order valence-electron chi connectivity index (χ3n) is 5.06. The summed E-state index contributed by atoms with van der Waals surface area (Å²) >= 11 is 0. The van der Waals surface area contributed by atoms with Crippen molar-refractivity contribution in [1.29, 1.82) is 0 Å². The van der Waals surface area contributed by atoms with E-state index in [0.29, 0.717) is 12.1 Å². The van der Waals surface area contributed by atoms with Gasteiger partial charge in [-0.2, -0.15) is 0 Å². The highest BCUT2D eigenvalue weighted by Gasteiger charge is 2.15. The summed E-state index contributed by atoms with van der Waals surface area (Å²) in [6.07, 6.45) is 3.55. The van der Waals surface area contributed by atoms with Crippen molar-refractivity contribution in [2.45, 2.75) is 13.8 Å². The molecular formula is C24H28N4O2. The maximum absolute atomic E-state index is 12.9. The number of fused-ring (bicyclic) bond motifs is 1. The van der Waals surface area contributed by atoms with Crippen molar-refractivity contribution >= 4 is 28.8 Å². The quantitative estimate of drug-likeness (QED) is 0.479. The highest BCUT2D eigenvalue weighted by molar-refractivity contribution is 6.06. The number of amides is 2. The standard InChI is InChI=1S/C24H28N4O2/c1-3-28(4-2)15-14-25-24(30)22(27-23(29)18-10-6-5-7-11-18)16-19-17-26-21-13-9-8-12-20(19)21/h5-13,16-17,26H,3-4,14-15H2,1-2H3,(H,25,30)(H,27,29)/b22-16+. The van der Waals surface area contributed by atoms with Crippen LogP contribution < -0.4 is 10.6 Å². The Balaban J connectivity index is 1.82. The third-order valence-corrected chi connectivity index (χ3v) is 5.06. The Bertz CT molecular complexity index is 1020. The van der Waals surface area contributed by atoms with Gasteiger partial charge in [0.15, 0.2) is 0 Å². The fourth-order valence-corrected chi connectivity index (χ4v) is 3.27. The van der Waals surface area contributed by atoms with Gasteiger partial charge < -0.3 is 20.5 Å². The molecular weight excluding hydrogens is 376 g/mol. The molecule has 0 unspecified atom stereocenters. The number of para-hydroxylation sites is 1. The van der Waals surface area contributed by atoms with Crippen molar-refractivity contribution in [2.75, 3.05) is 26.2 Å². The molecule has 30 heavy (non-hydrogen) atoms. The molecule has 0 saturated heterocycles. The number of H-pyrrole nitrogens is 1. The first kappa shape index (κ1) is 21.3. The summed E-state index contributed by atoms with van der Waals surface area (Å²) in [5, 5.41) is 6.70. The van der Waals surface area contributed by atoms with Crippen LogP contribution in [-0.2, 0) is 4.79 Å². The number of hydrogen-bond donors (Lipinski definition) is 3. The normalized spacial score (nSPS) is 11.6. The maximum Gasteiger partial charge on any atom is 0.267 e. The van der Waals surface area contributed by atoms with Crippen molar-refractivity contribution < 1.29 is 9.59 Å². The van der Waals surface area contributed by atoms with Crippen LogP contribution in [0.5, 0.6) is 0 Å². The third kappa shape index (κ3) is 5.36. The molecule has 0 aliphatic rings. The first-order valence-corrected chi connectivity index (χ1v) is 10.3. The molecule has 3 N–H and O–H groups in total. The molecule has 0 fully saturated rings. The molecule has 2 aromatic carbocycles. The van der Waals surface area contributed by atoms with E-state index in [1.807, 2.05) is 36.5 Å². The highest BCUT2D eigenvalue weighted by atomic mass is 16.2. The van der Waals surface area contributed by atoms with Gasteiger partial charge in [0.1, 0.15) is 5.70 Å². The van der Waals surface area contributed by atoms with Crippen LogP contribution in [0.2, 0.25) is 0 Å². The second kappa shape index (κ2) is 10.4. The Kier molecular flexibility index (Phi) is 7.40. The minimum Gasteiger partial charge on any atom is -0.361 e. The summed E-state index contributed by atoms with van der Waals surface area (Å²) in [5.74, 6) is -0.627. The predicted octanol–water partition coefficient (Wildman–Crippen LogP) is 3.40. The van der Waals surface area contributed by atoms with E-state index in [4.69, 9.17) is 0 Å². The summed E-state index contributed by atoms with van der Waals surface area (Å²) in [6, 6.07) is 16.7. The maximum atomic E-state index is 12.9. The van der Waals surface area contributed by atoms with E-state index in [1.54, 1.807) is 30.3 Å². The van der Waals surface area contributed by atoms with Gasteiger partial charge in [-0.05, 0) is 37.4 Å². The molecule has 156 valence electrons. The highest BCUT2D eigenvalue weighted by Crippen LogP contribution is 2.20. The number of likely N-dealkylation sites (N-methyl/N-ethyl adjacent to an activating group) is 1. The van der Waals surface area contributed by atoms with Gasteiger partial charge in [0.25, 0.3) is 11.8 Å². The Morgan fingerprint density at radius 1 is 1.00 bits per heavy atom. The number of aromatic amines is 1. The average Bonchev–Trinajstić information content (AvgIpc) is 3.19. The van der Waals surface area contributed by atoms with Crippen molar-refractivity contribution in [3.63, 3.8) is 0 Å². The van der Waals surface area contributed by atoms with E-state index in [2.05, 4.69) is 34.4 Å². The molecule has 0 spiro atoms. The summed E-state index contributed by atoms with van der Waals surface area (Å²) in [7, 11) is 0. The fourth-order valence-electron chi connectivity index (χ4n) is 3.27. The molecule has 0 aliphatic heterocycles. The van der Waals surface area contributed by atoms with Gasteiger partial charge in [0.05, 0.1) is 0 Å². The molecule has 2 amide bonds. The molecule has 0 radical (unpaired) electrons. The molecule has 6 heteroatoms. The minimum absolute atomic E-state index is 0.216. The second-order valence-corrected chi connectivity index (χ2v) is 6.95. The molecule has 1 heterocycles. The average molecular weight is 405 g/mol. The van der Waals surface area contributed by atoms with Gasteiger partial charge in [-0.25, -0.2) is 0 Å². The van der Waals surface area contributed by atoms with Gasteiger partial charge in [0.2, 0.25) is 0 Å². The largest absolute Gasteiger partial charge is 0.361 e. The van der Waals surface area contributed by atoms with E-state index < -0.39 is 0 Å². The Hall–Kier alpha value is -3.38. The van der Waals surface area contributed by atoms with Gasteiger partial charge in [-0.15, -0.1) is 0 Å². The van der Waals surface area contributed by atoms with Crippen LogP contribution in [0.4, 0.5) is 0 Å². The van der Waals surface area contributed by atoms with Gasteiger partial charge in [-0.1, -0.05) is 50.2 Å². The zero-order valence-electron chi connectivity index (χ0n) is 17.4. The van der Waals surface area contributed by atoms with Gasteiger partial charge in [-0.3, -0.25) is 9.59 Å². The molecule has 0 atom stereocenters. The Labute approximate surface area is 177 Å². The summed E-state index contributed by atoms with van der Waals surface area (Å²) in [5.41, 5.74) is 2.53. The number of nitrogens with zero attached hydrogens (tertiary/aromatic N) is 1. The lowest BCUT2D eigenvalue weighted by Crippen LogP contribution is -2.39. The van der Waals surface area contributed by atoms with Gasteiger partial charge in [0, 0.05) is 41.3 Å². The van der Waals surface area contributed by atoms with E-state index in [0.717, 1.165) is 36.1 Å². The number of benzene rings is 2. The first-order valence-electron chi connectivity index (χ1n) is 10.3. The van der Waals surface area contributed by atoms with Gasteiger partial charge >= 0.3 is 0 Å². The number of nitrogens with one attached hydrogen (secondary N) is 3. The second-order valence-electron chi connectivity index (χ2n) is 6.95. The molecule has 6 nitrogen and oxygen atoms in total. The monoisotopic (exact) mass is 404 g/mol. The molecule has 0 bridgehead atoms. The zero-order chi connectivity index (χ0) is 21.3. The molecule has 1 aromatic heterocycles. The Morgan fingerprint density at radius 2 is 1.70 bits per heavy atom. The van der Waals surface area contributed by atoms with Crippen LogP contribution in [0, 0.1) is 0 Å². The number of carbonyl (C=O) groups is 2. The van der Waals surface area contributed by atoms with Crippen molar-refractivity contribution in [2.24, 2.45) is 0 Å². The molecule has 0 aliphatic carbocycles. The van der Waals surface area contributed by atoms with Crippen LogP contribution in [0.1, 0.15) is 29.8 Å². The Morgan fingerprint density at radius 3 is 2.43 bits per heavy atom. The number of aromatic nitrogens is 1. The summed E-state index contributed by atoms with van der Waals surface area (Å²) in [6.45, 7) is 7.30. The van der Waals surface area contributed by atoms with Crippen molar-refractivity contribution in [3.05, 3.63) is 77.6 Å². The summed E-state index contributed by atoms with van der Waals surface area (Å²) in [4.78, 5) is 31.0. The van der Waals surface area contributed by atoms with E-state index in [-0.39, 0.29) is 17.5 Å². The van der Waals surface area contributed by atoms with Crippen LogP contribution in [0.25, 0.3) is 17.0 Å². The number of rotatable bonds is 9. The van der Waals surface area contributed by atoms with Crippen LogP contribution >= 0.6 is 0 Å². The molecule has 3 rings (SSSR count). The molecule has 3 aromatic rings. The molecule has 0 saturated carbocycles. The topological polar surface area (TPSA) is 77.2 Å². The SMILES string of the molecule is CCN(CC)CCNC(=O)/C(=C\c1c[nH]c2ccccc12)NC(=O)c1ccccc1. The number of hydrogen-bond acceptors (Lipinski definition) is 3. The lowest BCUT2D eigenvalue weighted by Gasteiger charge is -2.18. The lowest BCUT2D eigenvalue weighted by atomic mass is 10.1. The number of carbonyl (C=O) groups excluding carboxylic acids is 2. The minimum atomic E-state index is -0.319. The summed E-state index contributed by atoms with van der Waals surface area (Å²) < 4.78 is 0. The van der Waals surface area contributed by atoms with E-state index >= 15 is 0 Å². The van der Waals surface area contributed by atoms with Crippen molar-refractivity contribution in [3.8, 4) is 0 Å². The zero-order valence-corrected chi connectivity index (χ0v) is 17.4. The van der Waals surface area contributed by atoms with Crippen LogP contribution in [0.3, 0.4) is 0 Å². The van der Waals surface area contributed by atoms with Crippen molar-refractivity contribution in [1.82, 2.24) is 20.5 Å². The smallest absolute Gasteiger partial charge is 0.267 e. The van der Waals surface area contributed by atoms with E-state index in [1.165, 1.54) is 0 Å².